The van der Waals surface area contributed by atoms with Crippen LogP contribution in [0.3, 0.4) is 0 Å². The summed E-state index contributed by atoms with van der Waals surface area (Å²) in [5.74, 6) is 2.38. The third-order valence-electron chi connectivity index (χ3n) is 6.35. The van der Waals surface area contributed by atoms with Gasteiger partial charge in [-0.25, -0.2) is 0 Å². The van der Waals surface area contributed by atoms with Gasteiger partial charge in [-0.2, -0.15) is 0 Å². The van der Waals surface area contributed by atoms with Gasteiger partial charge in [0.1, 0.15) is 5.75 Å². The maximum atomic E-state index is 12.8. The zero-order valence-corrected chi connectivity index (χ0v) is 16.2. The van der Waals surface area contributed by atoms with E-state index in [2.05, 4.69) is 41.3 Å². The molecule has 142 valence electrons. The number of carbonyl (C=O) groups is 1. The number of piperidine rings is 1. The van der Waals surface area contributed by atoms with Gasteiger partial charge in [-0.3, -0.25) is 4.79 Å². The maximum Gasteiger partial charge on any atom is 0.223 e. The van der Waals surface area contributed by atoms with Gasteiger partial charge in [0.25, 0.3) is 0 Å². The minimum atomic E-state index is 0.340. The minimum absolute atomic E-state index is 0.340. The third kappa shape index (κ3) is 4.02. The van der Waals surface area contributed by atoms with Gasteiger partial charge < -0.3 is 9.64 Å². The van der Waals surface area contributed by atoms with Gasteiger partial charge in [-0.1, -0.05) is 42.5 Å². The predicted octanol–water partition coefficient (Wildman–Crippen LogP) is 4.60. The molecular weight excluding hydrogens is 334 g/mol. The van der Waals surface area contributed by atoms with Crippen LogP contribution < -0.4 is 4.74 Å². The molecule has 3 heteroatoms. The molecule has 1 saturated heterocycles. The normalized spacial score (nSPS) is 19.7. The number of methoxy groups -OCH3 is 1. The third-order valence-corrected chi connectivity index (χ3v) is 6.35. The van der Waals surface area contributed by atoms with E-state index in [1.54, 1.807) is 7.11 Å². The van der Waals surface area contributed by atoms with E-state index < -0.39 is 0 Å². The lowest BCUT2D eigenvalue weighted by atomic mass is 9.89. The number of amides is 1. The molecule has 1 heterocycles. The molecule has 0 N–H and O–H groups in total. The summed E-state index contributed by atoms with van der Waals surface area (Å²) in [6.45, 7) is 1.79. The highest BCUT2D eigenvalue weighted by molar-refractivity contribution is 5.77. The molecule has 0 radical (unpaired) electrons. The fourth-order valence-corrected chi connectivity index (χ4v) is 4.77. The average Bonchev–Trinajstić information content (AvgIpc) is 3.12. The summed E-state index contributed by atoms with van der Waals surface area (Å²) >= 11 is 0. The molecule has 0 aromatic heterocycles. The van der Waals surface area contributed by atoms with Crippen LogP contribution in [0.5, 0.6) is 5.75 Å². The van der Waals surface area contributed by atoms with Gasteiger partial charge in [0.15, 0.2) is 0 Å². The summed E-state index contributed by atoms with van der Waals surface area (Å²) in [6, 6.07) is 16.9. The van der Waals surface area contributed by atoms with Gasteiger partial charge in [-0.05, 0) is 66.7 Å². The lowest BCUT2D eigenvalue weighted by Gasteiger charge is -2.33. The maximum absolute atomic E-state index is 12.8. The molecule has 0 spiro atoms. The SMILES string of the molecule is COc1ccccc1CC1CCN(C(=O)CC2CCc3ccccc32)CC1. The van der Waals surface area contributed by atoms with Crippen LogP contribution in [-0.2, 0) is 17.6 Å². The Morgan fingerprint density at radius 2 is 1.78 bits per heavy atom. The van der Waals surface area contributed by atoms with Crippen molar-refractivity contribution >= 4 is 5.91 Å². The second kappa shape index (κ2) is 8.16. The minimum Gasteiger partial charge on any atom is -0.496 e. The Bertz CT molecular complexity index is 792. The van der Waals surface area contributed by atoms with E-state index in [1.165, 1.54) is 16.7 Å². The lowest BCUT2D eigenvalue weighted by molar-refractivity contribution is -0.133. The summed E-state index contributed by atoms with van der Waals surface area (Å²) in [6.07, 6.45) is 6.14. The van der Waals surface area contributed by atoms with E-state index in [4.69, 9.17) is 4.74 Å². The molecular formula is C24H29NO2. The molecule has 1 atom stereocenters. The zero-order valence-electron chi connectivity index (χ0n) is 16.2. The summed E-state index contributed by atoms with van der Waals surface area (Å²) in [4.78, 5) is 14.9. The molecule has 1 amide bonds. The van der Waals surface area contributed by atoms with Gasteiger partial charge in [0, 0.05) is 19.5 Å². The number of para-hydroxylation sites is 1. The van der Waals surface area contributed by atoms with Crippen LogP contribution in [0.2, 0.25) is 0 Å². The van der Waals surface area contributed by atoms with Crippen molar-refractivity contribution in [1.29, 1.82) is 0 Å². The molecule has 2 aromatic rings. The number of hydrogen-bond donors (Lipinski definition) is 0. The molecule has 1 unspecified atom stereocenters. The van der Waals surface area contributed by atoms with Crippen molar-refractivity contribution in [2.24, 2.45) is 5.92 Å². The van der Waals surface area contributed by atoms with Crippen molar-refractivity contribution in [2.45, 2.75) is 44.4 Å². The van der Waals surface area contributed by atoms with Crippen LogP contribution in [0.1, 0.15) is 48.3 Å². The van der Waals surface area contributed by atoms with E-state index in [9.17, 15) is 4.79 Å². The Hall–Kier alpha value is -2.29. The number of benzene rings is 2. The standard InChI is InChI=1S/C24H29NO2/c1-27-23-9-5-3-7-21(23)16-18-12-14-25(15-13-18)24(26)17-20-11-10-19-6-2-4-8-22(19)20/h2-9,18,20H,10-17H2,1H3. The molecule has 0 bridgehead atoms. The Labute approximate surface area is 162 Å². The number of fused-ring (bicyclic) bond motifs is 1. The van der Waals surface area contributed by atoms with Gasteiger partial charge in [0.2, 0.25) is 5.91 Å². The van der Waals surface area contributed by atoms with E-state index >= 15 is 0 Å². The monoisotopic (exact) mass is 363 g/mol. The van der Waals surface area contributed by atoms with E-state index in [-0.39, 0.29) is 0 Å². The molecule has 4 rings (SSSR count). The van der Waals surface area contributed by atoms with Crippen molar-refractivity contribution in [3.63, 3.8) is 0 Å². The highest BCUT2D eigenvalue weighted by Gasteiger charge is 2.28. The molecule has 3 nitrogen and oxygen atoms in total. The number of ether oxygens (including phenoxy) is 1. The first-order valence-electron chi connectivity index (χ1n) is 10.2. The Balaban J connectivity index is 1.30. The van der Waals surface area contributed by atoms with Crippen molar-refractivity contribution in [1.82, 2.24) is 4.90 Å². The summed E-state index contributed by atoms with van der Waals surface area (Å²) < 4.78 is 5.48. The number of hydrogen-bond acceptors (Lipinski definition) is 2. The van der Waals surface area contributed by atoms with Crippen LogP contribution in [0.25, 0.3) is 0 Å². The average molecular weight is 364 g/mol. The summed E-state index contributed by atoms with van der Waals surface area (Å²) in [7, 11) is 1.74. The molecule has 2 aliphatic rings. The van der Waals surface area contributed by atoms with Gasteiger partial charge in [-0.15, -0.1) is 0 Å². The summed E-state index contributed by atoms with van der Waals surface area (Å²) in [5.41, 5.74) is 4.12. The fourth-order valence-electron chi connectivity index (χ4n) is 4.77. The Kier molecular flexibility index (Phi) is 5.47. The smallest absolute Gasteiger partial charge is 0.223 e. The van der Waals surface area contributed by atoms with Gasteiger partial charge in [0.05, 0.1) is 7.11 Å². The fraction of sp³-hybridized carbons (Fsp3) is 0.458. The van der Waals surface area contributed by atoms with Crippen molar-refractivity contribution in [2.75, 3.05) is 20.2 Å². The molecule has 1 fully saturated rings. The highest BCUT2D eigenvalue weighted by Crippen LogP contribution is 2.36. The van der Waals surface area contributed by atoms with E-state index in [0.717, 1.165) is 50.9 Å². The number of carbonyl (C=O) groups excluding carboxylic acids is 1. The second-order valence-electron chi connectivity index (χ2n) is 7.98. The highest BCUT2D eigenvalue weighted by atomic mass is 16.5. The number of aryl methyl sites for hydroxylation is 1. The van der Waals surface area contributed by atoms with E-state index in [0.29, 0.717) is 24.2 Å². The number of rotatable bonds is 5. The first kappa shape index (κ1) is 18.1. The quantitative estimate of drug-likeness (QED) is 0.777. The van der Waals surface area contributed by atoms with Crippen molar-refractivity contribution < 1.29 is 9.53 Å². The lowest BCUT2D eigenvalue weighted by Crippen LogP contribution is -2.39. The zero-order chi connectivity index (χ0) is 18.6. The molecule has 27 heavy (non-hydrogen) atoms. The Morgan fingerprint density at radius 1 is 1.04 bits per heavy atom. The number of nitrogens with zero attached hydrogens (tertiary/aromatic N) is 1. The predicted molar refractivity (Wildman–Crippen MR) is 108 cm³/mol. The van der Waals surface area contributed by atoms with Gasteiger partial charge >= 0.3 is 0 Å². The van der Waals surface area contributed by atoms with Crippen LogP contribution in [0, 0.1) is 5.92 Å². The molecule has 1 aliphatic carbocycles. The van der Waals surface area contributed by atoms with Crippen molar-refractivity contribution in [3.05, 3.63) is 65.2 Å². The van der Waals surface area contributed by atoms with Crippen LogP contribution in [0.4, 0.5) is 0 Å². The first-order valence-corrected chi connectivity index (χ1v) is 10.2. The molecule has 1 aliphatic heterocycles. The summed E-state index contributed by atoms with van der Waals surface area (Å²) in [5, 5.41) is 0. The largest absolute Gasteiger partial charge is 0.496 e. The Morgan fingerprint density at radius 3 is 2.59 bits per heavy atom. The first-order chi connectivity index (χ1) is 13.2. The number of likely N-dealkylation sites (tertiary alicyclic amines) is 1. The molecule has 2 aromatic carbocycles. The van der Waals surface area contributed by atoms with Crippen LogP contribution >= 0.6 is 0 Å². The molecule has 0 saturated carbocycles. The van der Waals surface area contributed by atoms with Crippen molar-refractivity contribution in [3.8, 4) is 5.75 Å². The second-order valence-corrected chi connectivity index (χ2v) is 7.98. The van der Waals surface area contributed by atoms with Crippen LogP contribution in [0.15, 0.2) is 48.5 Å². The van der Waals surface area contributed by atoms with Crippen LogP contribution in [-0.4, -0.2) is 31.0 Å². The van der Waals surface area contributed by atoms with E-state index in [1.807, 2.05) is 12.1 Å². The topological polar surface area (TPSA) is 29.5 Å².